The molecule has 0 aromatic heterocycles. The Hall–Kier alpha value is -4.77. The highest BCUT2D eigenvalue weighted by Crippen LogP contribution is 2.32. The molecule has 0 aliphatic carbocycles. The van der Waals surface area contributed by atoms with Crippen LogP contribution in [0.1, 0.15) is 21.5 Å². The van der Waals surface area contributed by atoms with Crippen molar-refractivity contribution in [1.82, 2.24) is 0 Å². The molecule has 0 aliphatic rings. The largest absolute Gasteiger partial charge is 0.493 e. The fourth-order valence-corrected chi connectivity index (χ4v) is 3.20. The molecule has 0 atom stereocenters. The molecule has 3 aromatic carbocycles. The van der Waals surface area contributed by atoms with Crippen molar-refractivity contribution in [2.75, 3.05) is 26.6 Å². The van der Waals surface area contributed by atoms with Gasteiger partial charge in [-0.2, -0.15) is 5.26 Å². The SMILES string of the molecule is COc1ccc(C(=O)Oc2ccc(/C=C(\C#N)C(=O)Nc3ccccc3C)cc2OC)cc1OC. The molecule has 0 fully saturated rings. The lowest BCUT2D eigenvalue weighted by atomic mass is 10.1. The van der Waals surface area contributed by atoms with Crippen molar-refractivity contribution in [1.29, 1.82) is 5.26 Å². The second kappa shape index (κ2) is 11.4. The Labute approximate surface area is 203 Å². The summed E-state index contributed by atoms with van der Waals surface area (Å²) in [6.07, 6.45) is 1.43. The van der Waals surface area contributed by atoms with Crippen LogP contribution in [-0.2, 0) is 4.79 Å². The Balaban J connectivity index is 1.81. The van der Waals surface area contributed by atoms with Crippen LogP contribution in [0.25, 0.3) is 6.08 Å². The molecular formula is C27H24N2O6. The van der Waals surface area contributed by atoms with Gasteiger partial charge >= 0.3 is 5.97 Å². The number of rotatable bonds is 8. The number of amides is 1. The highest BCUT2D eigenvalue weighted by Gasteiger charge is 2.16. The molecule has 0 spiro atoms. The van der Waals surface area contributed by atoms with Gasteiger partial charge in [0.15, 0.2) is 23.0 Å². The second-order valence-electron chi connectivity index (χ2n) is 7.31. The number of aryl methyl sites for hydroxylation is 1. The van der Waals surface area contributed by atoms with Gasteiger partial charge in [0, 0.05) is 5.69 Å². The lowest BCUT2D eigenvalue weighted by molar-refractivity contribution is -0.112. The number of methoxy groups -OCH3 is 3. The van der Waals surface area contributed by atoms with E-state index in [4.69, 9.17) is 18.9 Å². The van der Waals surface area contributed by atoms with E-state index in [1.807, 2.05) is 25.1 Å². The number of nitrogens with zero attached hydrogens (tertiary/aromatic N) is 1. The van der Waals surface area contributed by atoms with Gasteiger partial charge in [-0.1, -0.05) is 24.3 Å². The van der Waals surface area contributed by atoms with E-state index in [1.54, 1.807) is 36.4 Å². The average Bonchev–Trinajstić information content (AvgIpc) is 2.88. The van der Waals surface area contributed by atoms with Crippen LogP contribution in [0.5, 0.6) is 23.0 Å². The molecule has 0 bridgehead atoms. The molecule has 1 N–H and O–H groups in total. The number of ether oxygens (including phenoxy) is 4. The van der Waals surface area contributed by atoms with E-state index in [0.717, 1.165) is 5.56 Å². The minimum absolute atomic E-state index is 0.0922. The smallest absolute Gasteiger partial charge is 0.343 e. The van der Waals surface area contributed by atoms with E-state index in [9.17, 15) is 14.9 Å². The van der Waals surface area contributed by atoms with Crippen molar-refractivity contribution in [2.24, 2.45) is 0 Å². The summed E-state index contributed by atoms with van der Waals surface area (Å²) in [5, 5.41) is 12.2. The quantitative estimate of drug-likeness (QED) is 0.217. The van der Waals surface area contributed by atoms with Gasteiger partial charge in [0.05, 0.1) is 26.9 Å². The summed E-state index contributed by atoms with van der Waals surface area (Å²) >= 11 is 0. The Morgan fingerprint density at radius 1 is 0.857 bits per heavy atom. The molecule has 8 heteroatoms. The van der Waals surface area contributed by atoms with Gasteiger partial charge in [0.2, 0.25) is 0 Å². The summed E-state index contributed by atoms with van der Waals surface area (Å²) in [5.41, 5.74) is 2.18. The summed E-state index contributed by atoms with van der Waals surface area (Å²) in [7, 11) is 4.40. The van der Waals surface area contributed by atoms with Crippen LogP contribution in [0.4, 0.5) is 5.69 Å². The predicted octanol–water partition coefficient (Wildman–Crippen LogP) is 4.79. The number of anilines is 1. The first kappa shape index (κ1) is 24.9. The van der Waals surface area contributed by atoms with E-state index in [2.05, 4.69) is 5.32 Å². The van der Waals surface area contributed by atoms with E-state index in [-0.39, 0.29) is 22.6 Å². The molecule has 1 amide bonds. The number of nitriles is 1. The normalized spacial score (nSPS) is 10.7. The highest BCUT2D eigenvalue weighted by molar-refractivity contribution is 6.10. The zero-order valence-electron chi connectivity index (χ0n) is 19.7. The minimum atomic E-state index is -0.622. The van der Waals surface area contributed by atoms with E-state index in [0.29, 0.717) is 22.7 Å². The van der Waals surface area contributed by atoms with Gasteiger partial charge in [-0.25, -0.2) is 4.79 Å². The summed E-state index contributed by atoms with van der Waals surface area (Å²) in [4.78, 5) is 25.3. The molecule has 0 saturated carbocycles. The van der Waals surface area contributed by atoms with Crippen molar-refractivity contribution in [3.8, 4) is 29.1 Å². The van der Waals surface area contributed by atoms with Crippen LogP contribution in [0.3, 0.4) is 0 Å². The number of hydrogen-bond acceptors (Lipinski definition) is 7. The maximum Gasteiger partial charge on any atom is 0.343 e. The fourth-order valence-electron chi connectivity index (χ4n) is 3.20. The van der Waals surface area contributed by atoms with Gasteiger partial charge in [0.1, 0.15) is 11.6 Å². The fraction of sp³-hybridized carbons (Fsp3) is 0.148. The van der Waals surface area contributed by atoms with E-state index < -0.39 is 11.9 Å². The maximum absolute atomic E-state index is 12.7. The topological polar surface area (TPSA) is 107 Å². The molecule has 3 aromatic rings. The third-order valence-corrected chi connectivity index (χ3v) is 5.08. The van der Waals surface area contributed by atoms with Crippen LogP contribution in [0, 0.1) is 18.3 Å². The second-order valence-corrected chi connectivity index (χ2v) is 7.31. The van der Waals surface area contributed by atoms with Crippen LogP contribution < -0.4 is 24.3 Å². The molecule has 8 nitrogen and oxygen atoms in total. The molecule has 0 aliphatic heterocycles. The molecular weight excluding hydrogens is 448 g/mol. The molecule has 0 heterocycles. The number of para-hydroxylation sites is 1. The highest BCUT2D eigenvalue weighted by atomic mass is 16.6. The molecule has 0 radical (unpaired) electrons. The summed E-state index contributed by atoms with van der Waals surface area (Å²) in [5.74, 6) is 0.143. The third kappa shape index (κ3) is 5.97. The summed E-state index contributed by atoms with van der Waals surface area (Å²) < 4.78 is 21.3. The molecule has 178 valence electrons. The van der Waals surface area contributed by atoms with Crippen LogP contribution in [0.2, 0.25) is 0 Å². The summed E-state index contributed by atoms with van der Waals surface area (Å²) in [6, 6.07) is 18.6. The van der Waals surface area contributed by atoms with Gasteiger partial charge in [-0.15, -0.1) is 0 Å². The first-order chi connectivity index (χ1) is 16.9. The lowest BCUT2D eigenvalue weighted by Crippen LogP contribution is -2.14. The maximum atomic E-state index is 12.7. The lowest BCUT2D eigenvalue weighted by Gasteiger charge is -2.12. The monoisotopic (exact) mass is 472 g/mol. The first-order valence-corrected chi connectivity index (χ1v) is 10.5. The van der Waals surface area contributed by atoms with Crippen LogP contribution in [-0.4, -0.2) is 33.2 Å². The number of benzene rings is 3. The van der Waals surface area contributed by atoms with Crippen LogP contribution in [0.15, 0.2) is 66.2 Å². The zero-order valence-corrected chi connectivity index (χ0v) is 19.7. The van der Waals surface area contributed by atoms with Gasteiger partial charge in [0.25, 0.3) is 5.91 Å². The number of carbonyl (C=O) groups is 2. The van der Waals surface area contributed by atoms with Crippen molar-refractivity contribution >= 4 is 23.6 Å². The Bertz CT molecular complexity index is 1320. The van der Waals surface area contributed by atoms with E-state index >= 15 is 0 Å². The molecule has 3 rings (SSSR count). The standard InChI is InChI=1S/C27H24N2O6/c1-17-7-5-6-8-21(17)29-26(30)20(16-28)13-18-9-11-23(24(14-18)33-3)35-27(31)19-10-12-22(32-2)25(15-19)34-4/h5-15H,1-4H3,(H,29,30)/b20-13+. The minimum Gasteiger partial charge on any atom is -0.493 e. The third-order valence-electron chi connectivity index (χ3n) is 5.08. The van der Waals surface area contributed by atoms with Crippen molar-refractivity contribution in [2.45, 2.75) is 6.92 Å². The number of nitrogens with one attached hydrogen (secondary N) is 1. The predicted molar refractivity (Wildman–Crippen MR) is 131 cm³/mol. The van der Waals surface area contributed by atoms with Crippen molar-refractivity contribution in [3.05, 3.63) is 82.9 Å². The molecule has 0 saturated heterocycles. The number of hydrogen-bond donors (Lipinski definition) is 1. The molecule has 35 heavy (non-hydrogen) atoms. The number of carbonyl (C=O) groups excluding carboxylic acids is 2. The van der Waals surface area contributed by atoms with Crippen LogP contribution >= 0.6 is 0 Å². The Morgan fingerprint density at radius 2 is 1.51 bits per heavy atom. The zero-order chi connectivity index (χ0) is 25.4. The summed E-state index contributed by atoms with van der Waals surface area (Å²) in [6.45, 7) is 1.86. The van der Waals surface area contributed by atoms with Gasteiger partial charge < -0.3 is 24.3 Å². The Kier molecular flexibility index (Phi) is 8.09. The van der Waals surface area contributed by atoms with Gasteiger partial charge in [-0.05, 0) is 60.5 Å². The Morgan fingerprint density at radius 3 is 2.17 bits per heavy atom. The van der Waals surface area contributed by atoms with Gasteiger partial charge in [-0.3, -0.25) is 4.79 Å². The van der Waals surface area contributed by atoms with Crippen molar-refractivity contribution in [3.63, 3.8) is 0 Å². The van der Waals surface area contributed by atoms with E-state index in [1.165, 1.54) is 39.5 Å². The average molecular weight is 472 g/mol. The van der Waals surface area contributed by atoms with Crippen molar-refractivity contribution < 1.29 is 28.5 Å². The first-order valence-electron chi connectivity index (χ1n) is 10.5. The number of esters is 1. The molecule has 0 unspecified atom stereocenters.